The van der Waals surface area contributed by atoms with E-state index in [9.17, 15) is 4.79 Å². The highest BCUT2D eigenvalue weighted by molar-refractivity contribution is 5.73. The third-order valence-electron chi connectivity index (χ3n) is 2.28. The van der Waals surface area contributed by atoms with Gasteiger partial charge in [0.25, 0.3) is 0 Å². The average molecular weight is 211 g/mol. The van der Waals surface area contributed by atoms with Gasteiger partial charge in [0.2, 0.25) is 0 Å². The van der Waals surface area contributed by atoms with E-state index in [2.05, 4.69) is 5.32 Å². The zero-order valence-corrected chi connectivity index (χ0v) is 9.06. The van der Waals surface area contributed by atoms with E-state index in [1.807, 2.05) is 26.0 Å². The van der Waals surface area contributed by atoms with Gasteiger partial charge < -0.3 is 14.8 Å². The molecule has 0 aliphatic heterocycles. The third kappa shape index (κ3) is 3.75. The lowest BCUT2D eigenvalue weighted by molar-refractivity contribution is -0.139. The summed E-state index contributed by atoms with van der Waals surface area (Å²) in [5.74, 6) is 0.0686. The fraction of sp³-hybridized carbons (Fsp3) is 0.545. The molecule has 0 spiro atoms. The molecule has 2 unspecified atom stereocenters. The van der Waals surface area contributed by atoms with Gasteiger partial charge in [0.1, 0.15) is 11.8 Å². The molecule has 4 heteroatoms. The lowest BCUT2D eigenvalue weighted by Crippen LogP contribution is -2.42. The van der Waals surface area contributed by atoms with Crippen LogP contribution in [-0.2, 0) is 11.2 Å². The Balaban J connectivity index is 2.41. The van der Waals surface area contributed by atoms with Gasteiger partial charge in [-0.1, -0.05) is 6.92 Å². The molecule has 1 aromatic rings. The van der Waals surface area contributed by atoms with E-state index in [0.29, 0.717) is 12.8 Å². The van der Waals surface area contributed by atoms with Crippen molar-refractivity contribution in [3.05, 3.63) is 24.2 Å². The fourth-order valence-corrected chi connectivity index (χ4v) is 1.50. The number of carboxylic acid groups (broad SMARTS) is 1. The minimum atomic E-state index is -0.802. The highest BCUT2D eigenvalue weighted by atomic mass is 16.4. The van der Waals surface area contributed by atoms with Crippen molar-refractivity contribution in [3.8, 4) is 0 Å². The molecule has 1 rings (SSSR count). The Bertz CT molecular complexity index is 295. The smallest absolute Gasteiger partial charge is 0.320 e. The number of hydrogen-bond donors (Lipinski definition) is 2. The van der Waals surface area contributed by atoms with Gasteiger partial charge in [0, 0.05) is 12.5 Å². The van der Waals surface area contributed by atoms with Gasteiger partial charge in [-0.15, -0.1) is 0 Å². The quantitative estimate of drug-likeness (QED) is 0.751. The number of nitrogens with one attached hydrogen (secondary N) is 1. The topological polar surface area (TPSA) is 62.5 Å². The molecule has 0 fully saturated rings. The molecule has 15 heavy (non-hydrogen) atoms. The highest BCUT2D eigenvalue weighted by Crippen LogP contribution is 2.05. The van der Waals surface area contributed by atoms with Gasteiger partial charge >= 0.3 is 5.97 Å². The summed E-state index contributed by atoms with van der Waals surface area (Å²) in [7, 11) is 0. The van der Waals surface area contributed by atoms with E-state index in [-0.39, 0.29) is 6.04 Å². The second-order valence-electron chi connectivity index (χ2n) is 3.65. The second-order valence-corrected chi connectivity index (χ2v) is 3.65. The van der Waals surface area contributed by atoms with Crippen LogP contribution in [0.2, 0.25) is 0 Å². The summed E-state index contributed by atoms with van der Waals surface area (Å²) in [4.78, 5) is 10.8. The third-order valence-corrected chi connectivity index (χ3v) is 2.28. The van der Waals surface area contributed by atoms with Crippen LogP contribution in [0.3, 0.4) is 0 Å². The number of rotatable bonds is 6. The van der Waals surface area contributed by atoms with Gasteiger partial charge in [-0.25, -0.2) is 0 Å². The van der Waals surface area contributed by atoms with E-state index in [1.165, 1.54) is 0 Å². The van der Waals surface area contributed by atoms with Gasteiger partial charge in [0.05, 0.1) is 6.26 Å². The van der Waals surface area contributed by atoms with Crippen molar-refractivity contribution in [2.45, 2.75) is 38.8 Å². The van der Waals surface area contributed by atoms with Crippen LogP contribution in [0.25, 0.3) is 0 Å². The number of carboxylic acids is 1. The van der Waals surface area contributed by atoms with Crippen LogP contribution >= 0.6 is 0 Å². The maximum atomic E-state index is 10.8. The molecule has 0 radical (unpaired) electrons. The molecular formula is C11H17NO3. The van der Waals surface area contributed by atoms with Crippen LogP contribution in [0.4, 0.5) is 0 Å². The summed E-state index contributed by atoms with van der Waals surface area (Å²) in [5, 5.41) is 11.9. The molecule has 0 aliphatic carbocycles. The molecule has 2 N–H and O–H groups in total. The lowest BCUT2D eigenvalue weighted by Gasteiger charge is -2.17. The lowest BCUT2D eigenvalue weighted by atomic mass is 10.1. The number of carbonyl (C=O) groups is 1. The van der Waals surface area contributed by atoms with E-state index >= 15 is 0 Å². The average Bonchev–Trinajstić information content (AvgIpc) is 2.66. The first-order valence-electron chi connectivity index (χ1n) is 5.14. The predicted molar refractivity (Wildman–Crippen MR) is 56.7 cm³/mol. The predicted octanol–water partition coefficient (Wildman–Crippen LogP) is 1.66. The van der Waals surface area contributed by atoms with Crippen molar-refractivity contribution >= 4 is 5.97 Å². The Kier molecular flexibility index (Phi) is 4.37. The monoisotopic (exact) mass is 211 g/mol. The summed E-state index contributed by atoms with van der Waals surface area (Å²) in [6, 6.07) is 3.34. The van der Waals surface area contributed by atoms with Crippen molar-refractivity contribution < 1.29 is 14.3 Å². The van der Waals surface area contributed by atoms with Gasteiger partial charge in [-0.2, -0.15) is 0 Å². The Hall–Kier alpha value is -1.29. The summed E-state index contributed by atoms with van der Waals surface area (Å²) in [6.07, 6.45) is 2.91. The van der Waals surface area contributed by atoms with Crippen molar-refractivity contribution in [1.82, 2.24) is 5.32 Å². The van der Waals surface area contributed by atoms with Gasteiger partial charge in [-0.3, -0.25) is 4.79 Å². The summed E-state index contributed by atoms with van der Waals surface area (Å²) in [5.41, 5.74) is 0. The van der Waals surface area contributed by atoms with Crippen LogP contribution in [0.1, 0.15) is 26.0 Å². The zero-order chi connectivity index (χ0) is 11.3. The van der Waals surface area contributed by atoms with Crippen LogP contribution < -0.4 is 5.32 Å². The Morgan fingerprint density at radius 3 is 2.87 bits per heavy atom. The molecule has 0 aliphatic rings. The normalized spacial score (nSPS) is 14.8. The maximum Gasteiger partial charge on any atom is 0.320 e. The van der Waals surface area contributed by atoms with Gasteiger partial charge in [-0.05, 0) is 25.5 Å². The minimum absolute atomic E-state index is 0.0946. The van der Waals surface area contributed by atoms with Crippen molar-refractivity contribution in [3.63, 3.8) is 0 Å². The minimum Gasteiger partial charge on any atom is -0.480 e. The van der Waals surface area contributed by atoms with Crippen LogP contribution in [-0.4, -0.2) is 23.2 Å². The van der Waals surface area contributed by atoms with E-state index in [4.69, 9.17) is 9.52 Å². The molecule has 0 amide bonds. The molecule has 0 aromatic carbocycles. The second kappa shape index (κ2) is 5.56. The number of aliphatic carboxylic acids is 1. The zero-order valence-electron chi connectivity index (χ0n) is 9.06. The summed E-state index contributed by atoms with van der Waals surface area (Å²) in [6.45, 7) is 3.81. The summed E-state index contributed by atoms with van der Waals surface area (Å²) < 4.78 is 5.19. The maximum absolute atomic E-state index is 10.8. The fourth-order valence-electron chi connectivity index (χ4n) is 1.50. The molecule has 2 atom stereocenters. The number of furan rings is 1. The van der Waals surface area contributed by atoms with Crippen molar-refractivity contribution in [2.75, 3.05) is 0 Å². The van der Waals surface area contributed by atoms with Crippen LogP contribution in [0, 0.1) is 0 Å². The largest absolute Gasteiger partial charge is 0.480 e. The standard InChI is InChI=1S/C11H17NO3/c1-3-10(11(13)14)12-8(2)7-9-5-4-6-15-9/h4-6,8,10,12H,3,7H2,1-2H3,(H,13,14). The Morgan fingerprint density at radius 1 is 1.67 bits per heavy atom. The summed E-state index contributed by atoms with van der Waals surface area (Å²) >= 11 is 0. The molecule has 0 saturated heterocycles. The Morgan fingerprint density at radius 2 is 2.40 bits per heavy atom. The van der Waals surface area contributed by atoms with E-state index in [0.717, 1.165) is 5.76 Å². The molecule has 84 valence electrons. The molecular weight excluding hydrogens is 194 g/mol. The number of hydrogen-bond acceptors (Lipinski definition) is 3. The van der Waals surface area contributed by atoms with Gasteiger partial charge in [0.15, 0.2) is 0 Å². The molecule has 0 bridgehead atoms. The molecule has 1 heterocycles. The highest BCUT2D eigenvalue weighted by Gasteiger charge is 2.17. The van der Waals surface area contributed by atoms with E-state index < -0.39 is 12.0 Å². The first kappa shape index (κ1) is 11.8. The van der Waals surface area contributed by atoms with Crippen LogP contribution in [0.15, 0.2) is 22.8 Å². The molecule has 0 saturated carbocycles. The molecule has 4 nitrogen and oxygen atoms in total. The SMILES string of the molecule is CCC(NC(C)Cc1ccco1)C(=O)O. The first-order chi connectivity index (χ1) is 7.13. The Labute approximate surface area is 89.3 Å². The first-order valence-corrected chi connectivity index (χ1v) is 5.14. The van der Waals surface area contributed by atoms with Crippen molar-refractivity contribution in [2.24, 2.45) is 0 Å². The van der Waals surface area contributed by atoms with Crippen molar-refractivity contribution in [1.29, 1.82) is 0 Å². The molecule has 1 aromatic heterocycles. The van der Waals surface area contributed by atoms with Crippen LogP contribution in [0.5, 0.6) is 0 Å². The van der Waals surface area contributed by atoms with E-state index in [1.54, 1.807) is 6.26 Å².